The van der Waals surface area contributed by atoms with Gasteiger partial charge < -0.3 is 10.4 Å². The lowest BCUT2D eigenvalue weighted by Gasteiger charge is -2.38. The normalized spacial score (nSPS) is 36.4. The second kappa shape index (κ2) is 5.15. The number of hydrogen-bond donors (Lipinski definition) is 2. The number of nitrogens with zero attached hydrogens (tertiary/aromatic N) is 1. The number of nitrogens with one attached hydrogen (secondary N) is 1. The Hall–Kier alpha value is -0.610. The fourth-order valence-electron chi connectivity index (χ4n) is 3.11. The smallest absolute Gasteiger partial charge is 0.322 e. The highest BCUT2D eigenvalue weighted by Gasteiger charge is 2.36. The number of rotatable bonds is 3. The molecule has 4 nitrogen and oxygen atoms in total. The molecule has 1 aliphatic heterocycles. The van der Waals surface area contributed by atoms with Gasteiger partial charge in [-0.1, -0.05) is 13.3 Å². The van der Waals surface area contributed by atoms with Gasteiger partial charge in [0.05, 0.1) is 0 Å². The van der Waals surface area contributed by atoms with Crippen LogP contribution in [-0.4, -0.2) is 47.7 Å². The van der Waals surface area contributed by atoms with Gasteiger partial charge in [0.1, 0.15) is 6.04 Å². The van der Waals surface area contributed by atoms with Crippen LogP contribution in [0.15, 0.2) is 0 Å². The summed E-state index contributed by atoms with van der Waals surface area (Å²) >= 11 is 0. The Labute approximate surface area is 97.0 Å². The average molecular weight is 226 g/mol. The van der Waals surface area contributed by atoms with E-state index >= 15 is 0 Å². The quantitative estimate of drug-likeness (QED) is 0.751. The van der Waals surface area contributed by atoms with E-state index in [1.807, 2.05) is 0 Å². The third-order valence-electron chi connectivity index (χ3n) is 4.13. The summed E-state index contributed by atoms with van der Waals surface area (Å²) in [6.45, 7) is 4.65. The molecule has 2 N–H and O–H groups in total. The van der Waals surface area contributed by atoms with Crippen LogP contribution in [0.5, 0.6) is 0 Å². The van der Waals surface area contributed by atoms with Crippen molar-refractivity contribution in [1.29, 1.82) is 0 Å². The molecule has 1 saturated heterocycles. The Morgan fingerprint density at radius 2 is 2.31 bits per heavy atom. The molecule has 4 heteroatoms. The van der Waals surface area contributed by atoms with Crippen molar-refractivity contribution in [1.82, 2.24) is 10.2 Å². The van der Waals surface area contributed by atoms with Gasteiger partial charge in [-0.3, -0.25) is 9.69 Å². The SMILES string of the molecule is CCC1CCC(N2CCNCC2C(=O)O)C1. The Morgan fingerprint density at radius 3 is 2.94 bits per heavy atom. The summed E-state index contributed by atoms with van der Waals surface area (Å²) < 4.78 is 0. The van der Waals surface area contributed by atoms with Crippen LogP contribution >= 0.6 is 0 Å². The molecular formula is C12H22N2O2. The number of piperazine rings is 1. The van der Waals surface area contributed by atoms with Crippen LogP contribution in [0, 0.1) is 5.92 Å². The summed E-state index contributed by atoms with van der Waals surface area (Å²) in [7, 11) is 0. The third-order valence-corrected chi connectivity index (χ3v) is 4.13. The highest BCUT2D eigenvalue weighted by atomic mass is 16.4. The third kappa shape index (κ3) is 2.38. The number of carboxylic acid groups (broad SMARTS) is 1. The lowest BCUT2D eigenvalue weighted by atomic mass is 10.0. The van der Waals surface area contributed by atoms with Gasteiger partial charge in [-0.15, -0.1) is 0 Å². The van der Waals surface area contributed by atoms with E-state index in [1.54, 1.807) is 0 Å². The minimum Gasteiger partial charge on any atom is -0.480 e. The number of carbonyl (C=O) groups is 1. The van der Waals surface area contributed by atoms with Gasteiger partial charge in [0, 0.05) is 25.7 Å². The molecule has 0 spiro atoms. The van der Waals surface area contributed by atoms with Crippen LogP contribution in [0.1, 0.15) is 32.6 Å². The fraction of sp³-hybridized carbons (Fsp3) is 0.917. The standard InChI is InChI=1S/C12H22N2O2/c1-2-9-3-4-10(7-9)14-6-5-13-8-11(14)12(15)16/h9-11,13H,2-8H2,1H3,(H,15,16). The van der Waals surface area contributed by atoms with E-state index in [0.29, 0.717) is 12.6 Å². The minimum atomic E-state index is -0.674. The van der Waals surface area contributed by atoms with E-state index in [9.17, 15) is 9.90 Å². The van der Waals surface area contributed by atoms with E-state index < -0.39 is 5.97 Å². The molecule has 0 aromatic carbocycles. The number of carboxylic acids is 1. The van der Waals surface area contributed by atoms with E-state index in [4.69, 9.17) is 0 Å². The van der Waals surface area contributed by atoms with Gasteiger partial charge in [0.2, 0.25) is 0 Å². The molecule has 0 radical (unpaired) electrons. The van der Waals surface area contributed by atoms with E-state index in [2.05, 4.69) is 17.1 Å². The van der Waals surface area contributed by atoms with Crippen LogP contribution < -0.4 is 5.32 Å². The molecule has 1 heterocycles. The molecule has 92 valence electrons. The predicted molar refractivity (Wildman–Crippen MR) is 62.4 cm³/mol. The maximum absolute atomic E-state index is 11.2. The first-order valence-corrected chi connectivity index (χ1v) is 6.41. The second-order valence-corrected chi connectivity index (χ2v) is 5.04. The Morgan fingerprint density at radius 1 is 1.50 bits per heavy atom. The zero-order chi connectivity index (χ0) is 11.5. The molecule has 2 rings (SSSR count). The highest BCUT2D eigenvalue weighted by Crippen LogP contribution is 2.32. The Kier molecular flexibility index (Phi) is 3.82. The van der Waals surface area contributed by atoms with Crippen molar-refractivity contribution in [3.8, 4) is 0 Å². The van der Waals surface area contributed by atoms with Crippen molar-refractivity contribution in [2.24, 2.45) is 5.92 Å². The molecule has 1 aliphatic carbocycles. The molecule has 0 aromatic rings. The average Bonchev–Trinajstić information content (AvgIpc) is 2.77. The van der Waals surface area contributed by atoms with Gasteiger partial charge in [-0.25, -0.2) is 0 Å². The maximum atomic E-state index is 11.2. The van der Waals surface area contributed by atoms with E-state index in [1.165, 1.54) is 25.7 Å². The molecule has 2 aliphatic rings. The van der Waals surface area contributed by atoms with Crippen molar-refractivity contribution >= 4 is 5.97 Å². The van der Waals surface area contributed by atoms with Crippen LogP contribution in [0.2, 0.25) is 0 Å². The maximum Gasteiger partial charge on any atom is 0.322 e. The first-order valence-electron chi connectivity index (χ1n) is 6.41. The molecule has 0 aromatic heterocycles. The number of aliphatic carboxylic acids is 1. The summed E-state index contributed by atoms with van der Waals surface area (Å²) in [6.07, 6.45) is 4.89. The molecule has 0 amide bonds. The van der Waals surface area contributed by atoms with Crippen molar-refractivity contribution < 1.29 is 9.90 Å². The van der Waals surface area contributed by atoms with Crippen molar-refractivity contribution in [3.05, 3.63) is 0 Å². The summed E-state index contributed by atoms with van der Waals surface area (Å²) in [4.78, 5) is 13.4. The topological polar surface area (TPSA) is 52.6 Å². The van der Waals surface area contributed by atoms with Gasteiger partial charge in [-0.05, 0) is 25.2 Å². The highest BCUT2D eigenvalue weighted by molar-refractivity contribution is 5.74. The Bertz CT molecular complexity index is 257. The monoisotopic (exact) mass is 226 g/mol. The number of hydrogen-bond acceptors (Lipinski definition) is 3. The van der Waals surface area contributed by atoms with Gasteiger partial charge in [0.25, 0.3) is 0 Å². The summed E-state index contributed by atoms with van der Waals surface area (Å²) in [5.74, 6) is 0.140. The Balaban J connectivity index is 1.98. The summed E-state index contributed by atoms with van der Waals surface area (Å²) in [5, 5.41) is 12.4. The van der Waals surface area contributed by atoms with Crippen LogP contribution in [-0.2, 0) is 4.79 Å². The zero-order valence-electron chi connectivity index (χ0n) is 9.98. The molecule has 3 atom stereocenters. The summed E-state index contributed by atoms with van der Waals surface area (Å²) in [5.41, 5.74) is 0. The van der Waals surface area contributed by atoms with Crippen molar-refractivity contribution in [2.45, 2.75) is 44.7 Å². The lowest BCUT2D eigenvalue weighted by molar-refractivity contribution is -0.145. The molecular weight excluding hydrogens is 204 g/mol. The molecule has 1 saturated carbocycles. The van der Waals surface area contributed by atoms with Crippen LogP contribution in [0.3, 0.4) is 0 Å². The van der Waals surface area contributed by atoms with Crippen molar-refractivity contribution in [3.63, 3.8) is 0 Å². The lowest BCUT2D eigenvalue weighted by Crippen LogP contribution is -2.57. The van der Waals surface area contributed by atoms with Crippen molar-refractivity contribution in [2.75, 3.05) is 19.6 Å². The van der Waals surface area contributed by atoms with E-state index in [0.717, 1.165) is 19.0 Å². The van der Waals surface area contributed by atoms with Gasteiger partial charge >= 0.3 is 5.97 Å². The zero-order valence-corrected chi connectivity index (χ0v) is 9.98. The summed E-state index contributed by atoms with van der Waals surface area (Å²) in [6, 6.07) is 0.197. The van der Waals surface area contributed by atoms with Crippen LogP contribution in [0.4, 0.5) is 0 Å². The van der Waals surface area contributed by atoms with Gasteiger partial charge in [-0.2, -0.15) is 0 Å². The first-order chi connectivity index (χ1) is 7.72. The molecule has 2 fully saturated rings. The molecule has 16 heavy (non-hydrogen) atoms. The fourth-order valence-corrected chi connectivity index (χ4v) is 3.11. The molecule has 0 bridgehead atoms. The minimum absolute atomic E-state index is 0.311. The largest absolute Gasteiger partial charge is 0.480 e. The predicted octanol–water partition coefficient (Wildman–Crippen LogP) is 0.923. The van der Waals surface area contributed by atoms with E-state index in [-0.39, 0.29) is 6.04 Å². The molecule has 3 unspecified atom stereocenters. The van der Waals surface area contributed by atoms with Gasteiger partial charge in [0.15, 0.2) is 0 Å². The first kappa shape index (κ1) is 11.9. The second-order valence-electron chi connectivity index (χ2n) is 5.04. The van der Waals surface area contributed by atoms with Crippen LogP contribution in [0.25, 0.3) is 0 Å².